The van der Waals surface area contributed by atoms with E-state index in [4.69, 9.17) is 14.5 Å². The second-order valence-corrected chi connectivity index (χ2v) is 7.65. The Bertz CT molecular complexity index is 1240. The maximum Gasteiger partial charge on any atom is 0.250 e. The van der Waals surface area contributed by atoms with Gasteiger partial charge in [-0.1, -0.05) is 0 Å². The fourth-order valence-corrected chi connectivity index (χ4v) is 3.62. The number of methoxy groups -OCH3 is 2. The monoisotopic (exact) mass is 468 g/mol. The van der Waals surface area contributed by atoms with Gasteiger partial charge in [-0.05, 0) is 18.2 Å². The summed E-state index contributed by atoms with van der Waals surface area (Å²) in [5, 5.41) is 6.99. The van der Waals surface area contributed by atoms with Crippen molar-refractivity contribution in [1.29, 1.82) is 0 Å². The Morgan fingerprint density at radius 1 is 1.00 bits per heavy atom. The van der Waals surface area contributed by atoms with E-state index >= 15 is 0 Å². The molecule has 0 radical (unpaired) electrons. The molecule has 10 heteroatoms. The first-order valence-electron chi connectivity index (χ1n) is 10.7. The Morgan fingerprint density at radius 2 is 1.76 bits per heavy atom. The highest BCUT2D eigenvalue weighted by molar-refractivity contribution is 5.82. The number of fused-ring (bicyclic) bond motifs is 1. The van der Waals surface area contributed by atoms with Crippen LogP contribution in [0.15, 0.2) is 55.0 Å². The van der Waals surface area contributed by atoms with Gasteiger partial charge in [-0.15, -0.1) is 0 Å². The Balaban J connectivity index is 1.72. The van der Waals surface area contributed by atoms with Crippen LogP contribution in [-0.4, -0.2) is 60.0 Å². The van der Waals surface area contributed by atoms with E-state index in [0.717, 1.165) is 22.5 Å². The van der Waals surface area contributed by atoms with E-state index in [2.05, 4.69) is 15.4 Å². The summed E-state index contributed by atoms with van der Waals surface area (Å²) >= 11 is 0. The van der Waals surface area contributed by atoms with Crippen LogP contribution in [0, 0.1) is 0 Å². The summed E-state index contributed by atoms with van der Waals surface area (Å²) in [5.74, 6) is 1.25. The summed E-state index contributed by atoms with van der Waals surface area (Å²) in [6.45, 7) is 0.417. The predicted molar refractivity (Wildman–Crippen MR) is 127 cm³/mol. The third-order valence-corrected chi connectivity index (χ3v) is 5.30. The smallest absolute Gasteiger partial charge is 0.250 e. The molecule has 0 unspecified atom stereocenters. The minimum Gasteiger partial charge on any atom is -0.497 e. The number of rotatable bonds is 10. The van der Waals surface area contributed by atoms with Gasteiger partial charge in [0.05, 0.1) is 49.9 Å². The van der Waals surface area contributed by atoms with Crippen LogP contribution in [0.1, 0.15) is 0 Å². The van der Waals surface area contributed by atoms with E-state index in [9.17, 15) is 8.78 Å². The molecule has 2 aromatic heterocycles. The molecule has 0 amide bonds. The number of halogens is 2. The molecule has 0 aliphatic rings. The molecule has 4 rings (SSSR count). The molecule has 2 aromatic carbocycles. The lowest BCUT2D eigenvalue weighted by Crippen LogP contribution is -2.31. The number of ether oxygens (including phenoxy) is 2. The van der Waals surface area contributed by atoms with Gasteiger partial charge in [-0.2, -0.15) is 5.10 Å². The van der Waals surface area contributed by atoms with E-state index in [-0.39, 0.29) is 6.54 Å². The highest BCUT2D eigenvalue weighted by Gasteiger charge is 2.15. The molecular formula is C24H26F2N6O2. The van der Waals surface area contributed by atoms with Crippen molar-refractivity contribution in [3.05, 3.63) is 55.0 Å². The van der Waals surface area contributed by atoms with E-state index in [1.165, 1.54) is 0 Å². The topological polar surface area (TPSA) is 77.3 Å². The lowest BCUT2D eigenvalue weighted by atomic mass is 10.2. The lowest BCUT2D eigenvalue weighted by Gasteiger charge is -2.26. The Labute approximate surface area is 196 Å². The highest BCUT2D eigenvalue weighted by Crippen LogP contribution is 2.34. The standard InChI is InChI=1S/C24H26F2N6O2/c1-31-15-16(12-29-31)23-13-28-21-5-4-17(10-22(21)30-23)32(7-6-27-14-24(25)26)18-8-19(33-2)11-20(9-18)34-3/h4-5,8-13,15,24,27H,6-7,14H2,1-3H3. The van der Waals surface area contributed by atoms with Crippen molar-refractivity contribution in [3.63, 3.8) is 0 Å². The molecule has 4 aromatic rings. The number of alkyl halides is 2. The second-order valence-electron chi connectivity index (χ2n) is 7.65. The maximum atomic E-state index is 12.6. The Morgan fingerprint density at radius 3 is 2.41 bits per heavy atom. The van der Waals surface area contributed by atoms with Crippen LogP contribution in [0.4, 0.5) is 20.2 Å². The fourth-order valence-electron chi connectivity index (χ4n) is 3.62. The summed E-state index contributed by atoms with van der Waals surface area (Å²) in [7, 11) is 5.01. The number of aryl methyl sites for hydroxylation is 1. The molecule has 1 N–H and O–H groups in total. The molecule has 0 spiro atoms. The quantitative estimate of drug-likeness (QED) is 0.352. The van der Waals surface area contributed by atoms with Gasteiger partial charge in [0.1, 0.15) is 11.5 Å². The first-order chi connectivity index (χ1) is 16.5. The number of benzene rings is 2. The third kappa shape index (κ3) is 5.40. The van der Waals surface area contributed by atoms with Crippen molar-refractivity contribution in [1.82, 2.24) is 25.1 Å². The number of nitrogens with one attached hydrogen (secondary N) is 1. The molecule has 0 fully saturated rings. The van der Waals surface area contributed by atoms with Gasteiger partial charge in [0.25, 0.3) is 6.43 Å². The van der Waals surface area contributed by atoms with Crippen molar-refractivity contribution in [2.24, 2.45) is 7.05 Å². The summed E-state index contributed by atoms with van der Waals surface area (Å²) in [6, 6.07) is 11.3. The number of hydrogen-bond acceptors (Lipinski definition) is 7. The van der Waals surface area contributed by atoms with Gasteiger partial charge >= 0.3 is 0 Å². The van der Waals surface area contributed by atoms with Gasteiger partial charge < -0.3 is 19.7 Å². The Kier molecular flexibility index (Phi) is 7.17. The van der Waals surface area contributed by atoms with Crippen molar-refractivity contribution >= 4 is 22.4 Å². The second kappa shape index (κ2) is 10.4. The van der Waals surface area contributed by atoms with Crippen LogP contribution in [0.25, 0.3) is 22.3 Å². The molecule has 8 nitrogen and oxygen atoms in total. The normalized spacial score (nSPS) is 11.2. The molecule has 0 saturated carbocycles. The molecule has 34 heavy (non-hydrogen) atoms. The van der Waals surface area contributed by atoms with E-state index < -0.39 is 6.43 Å². The summed E-state index contributed by atoms with van der Waals surface area (Å²) in [5.41, 5.74) is 4.67. The zero-order valence-electron chi connectivity index (χ0n) is 19.2. The van der Waals surface area contributed by atoms with Gasteiger partial charge in [0, 0.05) is 61.5 Å². The first-order valence-corrected chi connectivity index (χ1v) is 10.7. The van der Waals surface area contributed by atoms with E-state index in [0.29, 0.717) is 35.8 Å². The SMILES string of the molecule is COc1cc(OC)cc(N(CCNCC(F)F)c2ccc3ncc(-c4cnn(C)c4)nc3c2)c1. The fraction of sp³-hybridized carbons (Fsp3) is 0.292. The van der Waals surface area contributed by atoms with Gasteiger partial charge in [-0.3, -0.25) is 9.67 Å². The molecular weight excluding hydrogens is 442 g/mol. The van der Waals surface area contributed by atoms with Crippen molar-refractivity contribution in [2.45, 2.75) is 6.43 Å². The number of nitrogens with zero attached hydrogens (tertiary/aromatic N) is 5. The minimum atomic E-state index is -2.41. The van der Waals surface area contributed by atoms with Gasteiger partial charge in [0.2, 0.25) is 0 Å². The van der Waals surface area contributed by atoms with E-state index in [1.807, 2.05) is 48.5 Å². The van der Waals surface area contributed by atoms with Crippen LogP contribution in [0.2, 0.25) is 0 Å². The summed E-state index contributed by atoms with van der Waals surface area (Å²) in [6.07, 6.45) is 2.93. The lowest BCUT2D eigenvalue weighted by molar-refractivity contribution is 0.146. The molecule has 0 saturated heterocycles. The number of anilines is 2. The zero-order chi connectivity index (χ0) is 24.1. The zero-order valence-corrected chi connectivity index (χ0v) is 19.2. The highest BCUT2D eigenvalue weighted by atomic mass is 19.3. The van der Waals surface area contributed by atoms with Gasteiger partial charge in [0.15, 0.2) is 0 Å². The number of aromatic nitrogens is 4. The molecule has 0 aliphatic heterocycles. The molecule has 0 bridgehead atoms. The Hall–Kier alpha value is -3.79. The summed E-state index contributed by atoms with van der Waals surface area (Å²) in [4.78, 5) is 11.3. The molecule has 0 atom stereocenters. The van der Waals surface area contributed by atoms with Crippen LogP contribution in [0.5, 0.6) is 11.5 Å². The largest absolute Gasteiger partial charge is 0.497 e. The first kappa shape index (κ1) is 23.4. The van der Waals surface area contributed by atoms with E-state index in [1.54, 1.807) is 37.4 Å². The average Bonchev–Trinajstić information content (AvgIpc) is 3.29. The van der Waals surface area contributed by atoms with Gasteiger partial charge in [-0.25, -0.2) is 13.8 Å². The summed E-state index contributed by atoms with van der Waals surface area (Å²) < 4.78 is 37.8. The van der Waals surface area contributed by atoms with Crippen LogP contribution in [-0.2, 0) is 7.05 Å². The molecule has 178 valence electrons. The number of hydrogen-bond donors (Lipinski definition) is 1. The van der Waals surface area contributed by atoms with Crippen molar-refractivity contribution in [3.8, 4) is 22.8 Å². The molecule has 2 heterocycles. The van der Waals surface area contributed by atoms with Crippen LogP contribution < -0.4 is 19.7 Å². The van der Waals surface area contributed by atoms with Crippen molar-refractivity contribution in [2.75, 3.05) is 38.8 Å². The average molecular weight is 469 g/mol. The van der Waals surface area contributed by atoms with Crippen molar-refractivity contribution < 1.29 is 18.3 Å². The predicted octanol–water partition coefficient (Wildman–Crippen LogP) is 4.04. The molecule has 0 aliphatic carbocycles. The maximum absolute atomic E-state index is 12.6. The third-order valence-electron chi connectivity index (χ3n) is 5.30. The minimum absolute atomic E-state index is 0.351. The van der Waals surface area contributed by atoms with Crippen LogP contribution >= 0.6 is 0 Å². The van der Waals surface area contributed by atoms with Crippen LogP contribution in [0.3, 0.4) is 0 Å².